The summed E-state index contributed by atoms with van der Waals surface area (Å²) in [5.74, 6) is 1.41. The molecule has 4 nitrogen and oxygen atoms in total. The Labute approximate surface area is 123 Å². The van der Waals surface area contributed by atoms with Crippen LogP contribution in [-0.4, -0.2) is 17.2 Å². The topological polar surface area (TPSA) is 54.4 Å². The molecule has 0 radical (unpaired) electrons. The maximum absolute atomic E-state index is 10.1. The summed E-state index contributed by atoms with van der Waals surface area (Å²) in [5.41, 5.74) is 1.71. The first-order valence-corrected chi connectivity index (χ1v) is 6.72. The van der Waals surface area contributed by atoms with Crippen LogP contribution in [0.15, 0.2) is 54.6 Å². The first kappa shape index (κ1) is 13.2. The Bertz CT molecular complexity index is 772. The molecule has 21 heavy (non-hydrogen) atoms. The zero-order valence-electron chi connectivity index (χ0n) is 11.7. The van der Waals surface area contributed by atoms with Gasteiger partial charge in [-0.25, -0.2) is 4.98 Å². The molecular weight excluding hydrogens is 264 g/mol. The quantitative estimate of drug-likeness (QED) is 0.767. The van der Waals surface area contributed by atoms with E-state index in [1.54, 1.807) is 6.07 Å². The number of benzene rings is 2. The van der Waals surface area contributed by atoms with Crippen LogP contribution in [0.25, 0.3) is 10.9 Å². The third-order valence-corrected chi connectivity index (χ3v) is 3.36. The Morgan fingerprint density at radius 1 is 1.05 bits per heavy atom. The fraction of sp³-hybridized carbons (Fsp3) is 0.118. The number of methoxy groups -OCH3 is 1. The minimum Gasteiger partial charge on any atom is -0.504 e. The maximum atomic E-state index is 10.1. The molecule has 1 heterocycles. The first-order valence-electron chi connectivity index (χ1n) is 6.72. The van der Waals surface area contributed by atoms with Gasteiger partial charge in [0, 0.05) is 17.5 Å². The van der Waals surface area contributed by atoms with Crippen LogP contribution >= 0.6 is 0 Å². The summed E-state index contributed by atoms with van der Waals surface area (Å²) in [6.45, 7) is 0.481. The summed E-state index contributed by atoms with van der Waals surface area (Å²) < 4.78 is 5.10. The van der Waals surface area contributed by atoms with Crippen molar-refractivity contribution in [2.45, 2.75) is 6.54 Å². The van der Waals surface area contributed by atoms with Crippen LogP contribution in [0.4, 0.5) is 5.82 Å². The number of aromatic hydroxyl groups is 1. The Morgan fingerprint density at radius 2 is 1.90 bits per heavy atom. The third-order valence-electron chi connectivity index (χ3n) is 3.36. The number of anilines is 1. The summed E-state index contributed by atoms with van der Waals surface area (Å²) in [6, 6.07) is 17.3. The number of nitrogens with one attached hydrogen (secondary N) is 1. The summed E-state index contributed by atoms with van der Waals surface area (Å²) in [4.78, 5) is 4.54. The van der Waals surface area contributed by atoms with Crippen LogP contribution in [0.2, 0.25) is 0 Å². The van der Waals surface area contributed by atoms with Gasteiger partial charge >= 0.3 is 0 Å². The minimum atomic E-state index is 0.160. The van der Waals surface area contributed by atoms with Crippen molar-refractivity contribution in [1.82, 2.24) is 4.98 Å². The number of phenols is 1. The zero-order valence-corrected chi connectivity index (χ0v) is 11.7. The number of rotatable bonds is 4. The number of hydrogen-bond donors (Lipinski definition) is 2. The van der Waals surface area contributed by atoms with Crippen LogP contribution in [0.3, 0.4) is 0 Å². The standard InChI is InChI=1S/C17H16N2O2/c1-21-15-8-4-6-13(17(15)20)11-18-16-10-9-12-5-2-3-7-14(12)19-16/h2-10,20H,11H2,1H3,(H,18,19). The minimum absolute atomic E-state index is 0.160. The molecule has 0 spiro atoms. The third kappa shape index (κ3) is 2.74. The molecule has 0 amide bonds. The van der Waals surface area contributed by atoms with Gasteiger partial charge in [0.05, 0.1) is 12.6 Å². The monoisotopic (exact) mass is 280 g/mol. The molecule has 0 unspecified atom stereocenters. The number of aromatic nitrogens is 1. The van der Waals surface area contributed by atoms with Gasteiger partial charge in [-0.05, 0) is 24.3 Å². The van der Waals surface area contributed by atoms with Crippen molar-refractivity contribution >= 4 is 16.7 Å². The van der Waals surface area contributed by atoms with Gasteiger partial charge in [-0.1, -0.05) is 30.3 Å². The lowest BCUT2D eigenvalue weighted by atomic mass is 10.2. The Balaban J connectivity index is 1.80. The van der Waals surface area contributed by atoms with Crippen molar-refractivity contribution in [3.05, 3.63) is 60.2 Å². The van der Waals surface area contributed by atoms with Crippen molar-refractivity contribution in [3.63, 3.8) is 0 Å². The predicted molar refractivity (Wildman–Crippen MR) is 83.7 cm³/mol. The van der Waals surface area contributed by atoms with Crippen molar-refractivity contribution in [2.24, 2.45) is 0 Å². The van der Waals surface area contributed by atoms with Crippen molar-refractivity contribution in [1.29, 1.82) is 0 Å². The first-order chi connectivity index (χ1) is 10.3. The predicted octanol–water partition coefficient (Wildman–Crippen LogP) is 3.56. The molecule has 0 aliphatic carbocycles. The van der Waals surface area contributed by atoms with E-state index in [-0.39, 0.29) is 5.75 Å². The largest absolute Gasteiger partial charge is 0.504 e. The number of phenolic OH excluding ortho intramolecular Hbond substituents is 1. The van der Waals surface area contributed by atoms with E-state index >= 15 is 0 Å². The highest BCUT2D eigenvalue weighted by molar-refractivity contribution is 5.80. The van der Waals surface area contributed by atoms with Crippen LogP contribution < -0.4 is 10.1 Å². The smallest absolute Gasteiger partial charge is 0.162 e. The molecule has 3 aromatic rings. The second-order valence-electron chi connectivity index (χ2n) is 4.71. The highest BCUT2D eigenvalue weighted by Crippen LogP contribution is 2.29. The maximum Gasteiger partial charge on any atom is 0.162 e. The molecule has 0 aliphatic rings. The summed E-state index contributed by atoms with van der Waals surface area (Å²) in [7, 11) is 1.54. The molecule has 0 fully saturated rings. The molecule has 4 heteroatoms. The van der Waals surface area contributed by atoms with E-state index in [0.29, 0.717) is 12.3 Å². The molecular formula is C17H16N2O2. The lowest BCUT2D eigenvalue weighted by Gasteiger charge is -2.10. The second-order valence-corrected chi connectivity index (χ2v) is 4.71. The van der Waals surface area contributed by atoms with E-state index in [1.165, 1.54) is 7.11 Å². The van der Waals surface area contributed by atoms with Crippen molar-refractivity contribution < 1.29 is 9.84 Å². The number of fused-ring (bicyclic) bond motifs is 1. The van der Waals surface area contributed by atoms with Gasteiger partial charge in [0.2, 0.25) is 0 Å². The zero-order chi connectivity index (χ0) is 14.7. The average Bonchev–Trinajstić information content (AvgIpc) is 2.54. The van der Waals surface area contributed by atoms with Gasteiger partial charge < -0.3 is 15.2 Å². The van der Waals surface area contributed by atoms with E-state index in [2.05, 4.69) is 10.3 Å². The van der Waals surface area contributed by atoms with Crippen LogP contribution in [0.1, 0.15) is 5.56 Å². The highest BCUT2D eigenvalue weighted by atomic mass is 16.5. The molecule has 1 aromatic heterocycles. The van der Waals surface area contributed by atoms with Crippen LogP contribution in [0.5, 0.6) is 11.5 Å². The fourth-order valence-electron chi connectivity index (χ4n) is 2.23. The van der Waals surface area contributed by atoms with Gasteiger partial charge in [-0.3, -0.25) is 0 Å². The lowest BCUT2D eigenvalue weighted by Crippen LogP contribution is -2.02. The summed E-state index contributed by atoms with van der Waals surface area (Å²) >= 11 is 0. The van der Waals surface area contributed by atoms with Gasteiger partial charge in [-0.2, -0.15) is 0 Å². The number of pyridine rings is 1. The Morgan fingerprint density at radius 3 is 2.76 bits per heavy atom. The fourth-order valence-corrected chi connectivity index (χ4v) is 2.23. The number of nitrogens with zero attached hydrogens (tertiary/aromatic N) is 1. The van der Waals surface area contributed by atoms with E-state index in [4.69, 9.17) is 4.74 Å². The molecule has 2 aromatic carbocycles. The molecule has 2 N–H and O–H groups in total. The van der Waals surface area contributed by atoms with Crippen LogP contribution in [0, 0.1) is 0 Å². The van der Waals surface area contributed by atoms with Gasteiger partial charge in [0.1, 0.15) is 5.82 Å². The van der Waals surface area contributed by atoms with E-state index < -0.39 is 0 Å². The SMILES string of the molecule is COc1cccc(CNc2ccc3ccccc3n2)c1O. The van der Waals surface area contributed by atoms with E-state index in [1.807, 2.05) is 48.5 Å². The van der Waals surface area contributed by atoms with E-state index in [9.17, 15) is 5.11 Å². The molecule has 106 valence electrons. The molecule has 0 saturated heterocycles. The van der Waals surface area contributed by atoms with Gasteiger partial charge in [-0.15, -0.1) is 0 Å². The number of ether oxygens (including phenoxy) is 1. The number of hydrogen-bond acceptors (Lipinski definition) is 4. The lowest BCUT2D eigenvalue weighted by molar-refractivity contribution is 0.371. The van der Waals surface area contributed by atoms with Gasteiger partial charge in [0.25, 0.3) is 0 Å². The van der Waals surface area contributed by atoms with Crippen molar-refractivity contribution in [2.75, 3.05) is 12.4 Å². The van der Waals surface area contributed by atoms with Gasteiger partial charge in [0.15, 0.2) is 11.5 Å². The van der Waals surface area contributed by atoms with Crippen molar-refractivity contribution in [3.8, 4) is 11.5 Å². The highest BCUT2D eigenvalue weighted by Gasteiger charge is 2.07. The Hall–Kier alpha value is -2.75. The Kier molecular flexibility index (Phi) is 3.60. The second kappa shape index (κ2) is 5.71. The van der Waals surface area contributed by atoms with Crippen LogP contribution in [-0.2, 0) is 6.54 Å². The molecule has 3 rings (SSSR count). The molecule has 0 bridgehead atoms. The normalized spacial score (nSPS) is 10.5. The molecule has 0 atom stereocenters. The summed E-state index contributed by atoms with van der Waals surface area (Å²) in [6.07, 6.45) is 0. The van der Waals surface area contributed by atoms with E-state index in [0.717, 1.165) is 22.3 Å². The summed E-state index contributed by atoms with van der Waals surface area (Å²) in [5, 5.41) is 14.4. The molecule has 0 saturated carbocycles. The molecule has 0 aliphatic heterocycles. The average molecular weight is 280 g/mol. The number of para-hydroxylation sites is 2.